The summed E-state index contributed by atoms with van der Waals surface area (Å²) in [6.45, 7) is 11.1. The highest BCUT2D eigenvalue weighted by atomic mass is 32.2. The average molecular weight is 452 g/mol. The molecule has 32 heavy (non-hydrogen) atoms. The van der Waals surface area contributed by atoms with E-state index in [0.717, 1.165) is 28.7 Å². The molecule has 0 fully saturated rings. The number of aromatic amines is 1. The number of carbonyl (C=O) groups excluding carboxylic acids is 1. The largest absolute Gasteiger partial charge is 0.872 e. The van der Waals surface area contributed by atoms with Gasteiger partial charge in [0.15, 0.2) is 0 Å². The topological polar surface area (TPSA) is 97.1 Å². The Balaban J connectivity index is 1.64. The van der Waals surface area contributed by atoms with Crippen LogP contribution in [-0.2, 0) is 16.8 Å². The van der Waals surface area contributed by atoms with Crippen molar-refractivity contribution in [3.63, 3.8) is 0 Å². The number of H-pyrrole nitrogens is 1. The molecule has 1 heterocycles. The van der Waals surface area contributed by atoms with Gasteiger partial charge in [-0.2, -0.15) is 5.10 Å². The third-order valence-electron chi connectivity index (χ3n) is 5.05. The molecule has 3 aromatic rings. The van der Waals surface area contributed by atoms with Crippen molar-refractivity contribution in [2.45, 2.75) is 51.7 Å². The summed E-state index contributed by atoms with van der Waals surface area (Å²) in [5.74, 6) is 0.807. The molecule has 1 aromatic heterocycles. The first-order valence-corrected chi connectivity index (χ1v) is 11.5. The molecule has 0 saturated carbocycles. The maximum Gasteiger partial charge on any atom is 0.337 e. The Morgan fingerprint density at radius 2 is 1.81 bits per heavy atom. The third-order valence-corrected chi connectivity index (χ3v) is 6.03. The van der Waals surface area contributed by atoms with Crippen LogP contribution in [0.25, 0.3) is 11.4 Å². The number of benzene rings is 2. The smallest absolute Gasteiger partial charge is 0.337 e. The number of hydrazone groups is 1. The average Bonchev–Trinajstić information content (AvgIpc) is 3.19. The lowest BCUT2D eigenvalue weighted by Gasteiger charge is -2.18. The molecule has 7 nitrogen and oxygen atoms in total. The second kappa shape index (κ2) is 9.99. The van der Waals surface area contributed by atoms with Gasteiger partial charge in [0, 0.05) is 0 Å². The highest BCUT2D eigenvalue weighted by Gasteiger charge is 2.22. The minimum absolute atomic E-state index is 0.0604. The summed E-state index contributed by atoms with van der Waals surface area (Å²) in [4.78, 5) is 12.3. The Kier molecular flexibility index (Phi) is 7.35. The van der Waals surface area contributed by atoms with Gasteiger partial charge in [0.05, 0.1) is 28.7 Å². The number of hydrogen-bond donors (Lipinski definition) is 2. The second-order valence-corrected chi connectivity index (χ2v) is 9.41. The lowest BCUT2D eigenvalue weighted by Crippen LogP contribution is -2.36. The van der Waals surface area contributed by atoms with Crippen LogP contribution in [0.4, 0.5) is 0 Å². The van der Waals surface area contributed by atoms with E-state index in [2.05, 4.69) is 70.3 Å². The highest BCUT2D eigenvalue weighted by Crippen LogP contribution is 2.25. The zero-order valence-corrected chi connectivity index (χ0v) is 19.9. The Morgan fingerprint density at radius 1 is 1.16 bits per heavy atom. The van der Waals surface area contributed by atoms with Crippen molar-refractivity contribution in [3.8, 4) is 17.1 Å². The fraction of sp³-hybridized carbons (Fsp3) is 0.333. The van der Waals surface area contributed by atoms with Gasteiger partial charge in [0.25, 0.3) is 11.7 Å². The quantitative estimate of drug-likeness (QED) is 0.249. The molecule has 0 aliphatic rings. The maximum atomic E-state index is 12.3. The second-order valence-electron chi connectivity index (χ2n) is 8.47. The molecule has 0 spiro atoms. The van der Waals surface area contributed by atoms with Crippen LogP contribution in [0, 0.1) is 0 Å². The van der Waals surface area contributed by atoms with E-state index in [1.807, 2.05) is 6.92 Å². The van der Waals surface area contributed by atoms with Crippen molar-refractivity contribution in [2.75, 3.05) is 5.75 Å². The SMILES string of the molecule is CC[n+]1c(SCC(=O)NN=C(C)c2ccc([O-])cc2)n[nH]c1-c1ccc(C(C)(C)C)cc1. The highest BCUT2D eigenvalue weighted by molar-refractivity contribution is 7.99. The first kappa shape index (κ1) is 23.5. The molecule has 0 unspecified atom stereocenters. The molecule has 2 N–H and O–H groups in total. The van der Waals surface area contributed by atoms with Crippen LogP contribution in [0.3, 0.4) is 0 Å². The zero-order chi connectivity index (χ0) is 23.3. The van der Waals surface area contributed by atoms with Gasteiger partial charge in [-0.15, -0.1) is 10.8 Å². The zero-order valence-electron chi connectivity index (χ0n) is 19.1. The van der Waals surface area contributed by atoms with Crippen LogP contribution in [0.2, 0.25) is 0 Å². The lowest BCUT2D eigenvalue weighted by atomic mass is 9.87. The van der Waals surface area contributed by atoms with Crippen LogP contribution >= 0.6 is 11.8 Å². The summed E-state index contributed by atoms with van der Waals surface area (Å²) >= 11 is 1.35. The van der Waals surface area contributed by atoms with Crippen LogP contribution < -0.4 is 15.1 Å². The molecule has 168 valence electrons. The summed E-state index contributed by atoms with van der Waals surface area (Å²) < 4.78 is 2.06. The van der Waals surface area contributed by atoms with E-state index in [1.54, 1.807) is 19.1 Å². The molecule has 0 aliphatic carbocycles. The van der Waals surface area contributed by atoms with Crippen LogP contribution in [-0.4, -0.2) is 27.6 Å². The van der Waals surface area contributed by atoms with Gasteiger partial charge >= 0.3 is 5.16 Å². The number of thioether (sulfide) groups is 1. The molecule has 8 heteroatoms. The normalized spacial score (nSPS) is 12.1. The molecule has 0 bridgehead atoms. The molecular formula is C24H29N5O2S. The number of aromatic nitrogens is 3. The Bertz CT molecular complexity index is 1100. The predicted octanol–water partition coefficient (Wildman–Crippen LogP) is 3.39. The molecule has 0 atom stereocenters. The summed E-state index contributed by atoms with van der Waals surface area (Å²) in [7, 11) is 0. The first-order valence-electron chi connectivity index (χ1n) is 10.5. The molecule has 0 radical (unpaired) electrons. The van der Waals surface area contributed by atoms with Crippen LogP contribution in [0.1, 0.15) is 45.7 Å². The number of nitrogens with zero attached hydrogens (tertiary/aromatic N) is 3. The van der Waals surface area contributed by atoms with Crippen LogP contribution in [0.15, 0.2) is 58.8 Å². The molecule has 2 aromatic carbocycles. The van der Waals surface area contributed by atoms with E-state index in [4.69, 9.17) is 0 Å². The molecule has 1 amide bonds. The third kappa shape index (κ3) is 5.76. The summed E-state index contributed by atoms with van der Waals surface area (Å²) in [5, 5.41) is 23.6. The predicted molar refractivity (Wildman–Crippen MR) is 126 cm³/mol. The Hall–Kier alpha value is -3.13. The van der Waals surface area contributed by atoms with Crippen molar-refractivity contribution in [1.29, 1.82) is 0 Å². The van der Waals surface area contributed by atoms with E-state index in [1.165, 1.54) is 29.5 Å². The van der Waals surface area contributed by atoms with Crippen molar-refractivity contribution < 1.29 is 14.5 Å². The summed E-state index contributed by atoms with van der Waals surface area (Å²) in [6, 6.07) is 14.8. The van der Waals surface area contributed by atoms with Gasteiger partial charge in [-0.25, -0.2) is 9.99 Å². The fourth-order valence-electron chi connectivity index (χ4n) is 3.14. The Labute approximate surface area is 193 Å². The van der Waals surface area contributed by atoms with E-state index in [0.29, 0.717) is 5.71 Å². The van der Waals surface area contributed by atoms with Crippen molar-refractivity contribution in [2.24, 2.45) is 5.10 Å². The Morgan fingerprint density at radius 3 is 2.41 bits per heavy atom. The monoisotopic (exact) mass is 451 g/mol. The number of hydrogen-bond acceptors (Lipinski definition) is 5. The number of nitrogens with one attached hydrogen (secondary N) is 2. The summed E-state index contributed by atoms with van der Waals surface area (Å²) in [6.07, 6.45) is 0. The van der Waals surface area contributed by atoms with Crippen LogP contribution in [0.5, 0.6) is 5.75 Å². The summed E-state index contributed by atoms with van der Waals surface area (Å²) in [5.41, 5.74) is 6.41. The number of amides is 1. The lowest BCUT2D eigenvalue weighted by molar-refractivity contribution is -0.719. The first-order chi connectivity index (χ1) is 15.2. The van der Waals surface area contributed by atoms with Crippen molar-refractivity contribution >= 4 is 23.4 Å². The van der Waals surface area contributed by atoms with Gasteiger partial charge < -0.3 is 5.11 Å². The minimum atomic E-state index is -0.225. The molecular weight excluding hydrogens is 422 g/mol. The molecule has 0 aliphatic heterocycles. The number of rotatable bonds is 7. The minimum Gasteiger partial charge on any atom is -0.872 e. The van der Waals surface area contributed by atoms with E-state index >= 15 is 0 Å². The standard InChI is InChI=1S/C24H29N5O2S/c1-6-29-22(18-7-11-19(12-8-18)24(3,4)5)27-28-23(29)32-15-21(31)26-25-16(2)17-9-13-20(30)14-10-17/h7-14H,6,15H2,1-5H3,(H2,25,26,30,31). The van der Waals surface area contributed by atoms with Gasteiger partial charge in [-0.3, -0.25) is 4.79 Å². The fourth-order valence-corrected chi connectivity index (χ4v) is 3.95. The van der Waals surface area contributed by atoms with E-state index < -0.39 is 0 Å². The van der Waals surface area contributed by atoms with E-state index in [-0.39, 0.29) is 22.8 Å². The van der Waals surface area contributed by atoms with Gasteiger partial charge in [-0.05, 0) is 54.3 Å². The molecule has 3 rings (SSSR count). The van der Waals surface area contributed by atoms with Gasteiger partial charge in [0.1, 0.15) is 0 Å². The maximum absolute atomic E-state index is 12.3. The number of carbonyl (C=O) groups is 1. The van der Waals surface area contributed by atoms with Gasteiger partial charge in [0.2, 0.25) is 0 Å². The van der Waals surface area contributed by atoms with Crippen molar-refractivity contribution in [3.05, 3.63) is 59.7 Å². The van der Waals surface area contributed by atoms with E-state index in [9.17, 15) is 9.90 Å². The van der Waals surface area contributed by atoms with Crippen molar-refractivity contribution in [1.82, 2.24) is 15.6 Å². The van der Waals surface area contributed by atoms with Gasteiger partial charge in [-0.1, -0.05) is 57.2 Å². The molecule has 0 saturated heterocycles.